The first kappa shape index (κ1) is 15.6. The quantitative estimate of drug-likeness (QED) is 0.726. The molecule has 1 rings (SSSR count). The Hall–Kier alpha value is -1.43. The third-order valence-electron chi connectivity index (χ3n) is 2.88. The monoisotopic (exact) mass is 267 g/mol. The Morgan fingerprint density at radius 1 is 1.42 bits per heavy atom. The molecule has 0 bridgehead atoms. The lowest BCUT2D eigenvalue weighted by molar-refractivity contribution is -0.122. The van der Waals surface area contributed by atoms with E-state index < -0.39 is 0 Å². The molecule has 1 atom stereocenters. The molecule has 3 N–H and O–H groups in total. The van der Waals surface area contributed by atoms with Gasteiger partial charge in [0.1, 0.15) is 6.54 Å². The maximum atomic E-state index is 11.8. The van der Waals surface area contributed by atoms with Crippen molar-refractivity contribution in [3.05, 3.63) is 11.9 Å². The van der Waals surface area contributed by atoms with E-state index in [0.717, 1.165) is 18.5 Å². The molecule has 1 heterocycles. The van der Waals surface area contributed by atoms with Crippen molar-refractivity contribution in [1.82, 2.24) is 20.3 Å². The van der Waals surface area contributed by atoms with Crippen LogP contribution < -0.4 is 11.1 Å². The van der Waals surface area contributed by atoms with Crippen LogP contribution in [0.25, 0.3) is 0 Å². The van der Waals surface area contributed by atoms with Gasteiger partial charge in [-0.05, 0) is 32.2 Å². The summed E-state index contributed by atoms with van der Waals surface area (Å²) in [6.07, 6.45) is 4.57. The number of carbonyl (C=O) groups is 1. The summed E-state index contributed by atoms with van der Waals surface area (Å²) in [6, 6.07) is 0.196. The van der Waals surface area contributed by atoms with Gasteiger partial charge in [-0.25, -0.2) is 4.68 Å². The molecule has 0 spiro atoms. The van der Waals surface area contributed by atoms with E-state index in [1.807, 2.05) is 6.92 Å². The molecule has 1 aromatic rings. The Morgan fingerprint density at radius 2 is 2.16 bits per heavy atom. The first-order valence-corrected chi connectivity index (χ1v) is 6.89. The van der Waals surface area contributed by atoms with Crippen LogP contribution in [0.15, 0.2) is 6.20 Å². The summed E-state index contributed by atoms with van der Waals surface area (Å²) in [7, 11) is 0. The summed E-state index contributed by atoms with van der Waals surface area (Å²) >= 11 is 0. The van der Waals surface area contributed by atoms with Gasteiger partial charge >= 0.3 is 0 Å². The second-order valence-electron chi connectivity index (χ2n) is 5.39. The van der Waals surface area contributed by atoms with Crippen molar-refractivity contribution in [2.45, 2.75) is 52.6 Å². The highest BCUT2D eigenvalue weighted by Gasteiger charge is 2.10. The van der Waals surface area contributed by atoms with Crippen LogP contribution in [0.4, 0.5) is 0 Å². The molecule has 1 unspecified atom stereocenters. The van der Waals surface area contributed by atoms with Crippen LogP contribution in [0.5, 0.6) is 0 Å². The minimum Gasteiger partial charge on any atom is -0.352 e. The summed E-state index contributed by atoms with van der Waals surface area (Å²) in [5.41, 5.74) is 6.26. The lowest BCUT2D eigenvalue weighted by atomic mass is 10.0. The molecular weight excluding hydrogens is 242 g/mol. The van der Waals surface area contributed by atoms with Gasteiger partial charge in [0.25, 0.3) is 0 Å². The summed E-state index contributed by atoms with van der Waals surface area (Å²) in [5.74, 6) is 0.633. The van der Waals surface area contributed by atoms with Gasteiger partial charge in [0.2, 0.25) is 5.91 Å². The van der Waals surface area contributed by atoms with Gasteiger partial charge in [0.15, 0.2) is 0 Å². The van der Waals surface area contributed by atoms with Crippen LogP contribution in [-0.2, 0) is 17.8 Å². The summed E-state index contributed by atoms with van der Waals surface area (Å²) in [4.78, 5) is 11.8. The standard InChI is InChI=1S/C13H25N5O/c1-10(2)4-5-11(3)15-13(19)9-18-8-12(6-7-14)16-17-18/h8,10-11H,4-7,9,14H2,1-3H3,(H,15,19). The van der Waals surface area contributed by atoms with Crippen LogP contribution in [0.1, 0.15) is 39.3 Å². The van der Waals surface area contributed by atoms with Crippen LogP contribution in [-0.4, -0.2) is 33.5 Å². The van der Waals surface area contributed by atoms with Gasteiger partial charge in [-0.2, -0.15) is 0 Å². The number of nitrogens with two attached hydrogens (primary N) is 1. The van der Waals surface area contributed by atoms with Crippen LogP contribution >= 0.6 is 0 Å². The number of nitrogens with zero attached hydrogens (tertiary/aromatic N) is 3. The van der Waals surface area contributed by atoms with Crippen LogP contribution in [0.2, 0.25) is 0 Å². The SMILES string of the molecule is CC(C)CCC(C)NC(=O)Cn1cc(CCN)nn1. The Kier molecular flexibility index (Phi) is 6.49. The fraction of sp³-hybridized carbons (Fsp3) is 0.769. The summed E-state index contributed by atoms with van der Waals surface area (Å²) in [6.45, 7) is 7.15. The fourth-order valence-corrected chi connectivity index (χ4v) is 1.80. The second kappa shape index (κ2) is 7.89. The maximum absolute atomic E-state index is 11.8. The van der Waals surface area contributed by atoms with E-state index in [1.54, 1.807) is 10.9 Å². The normalized spacial score (nSPS) is 12.7. The van der Waals surface area contributed by atoms with Crippen molar-refractivity contribution in [2.24, 2.45) is 11.7 Å². The molecule has 6 heteroatoms. The molecule has 19 heavy (non-hydrogen) atoms. The van der Waals surface area contributed by atoms with Crippen molar-refractivity contribution in [3.8, 4) is 0 Å². The molecule has 0 saturated heterocycles. The largest absolute Gasteiger partial charge is 0.352 e. The summed E-state index contributed by atoms with van der Waals surface area (Å²) in [5, 5.41) is 10.8. The molecule has 1 aromatic heterocycles. The predicted octanol–water partition coefficient (Wildman–Crippen LogP) is 0.720. The van der Waals surface area contributed by atoms with E-state index >= 15 is 0 Å². The second-order valence-corrected chi connectivity index (χ2v) is 5.39. The van der Waals surface area contributed by atoms with Crippen LogP contribution in [0.3, 0.4) is 0 Å². The highest BCUT2D eigenvalue weighted by Crippen LogP contribution is 2.06. The van der Waals surface area contributed by atoms with Gasteiger partial charge in [-0.3, -0.25) is 4.79 Å². The van der Waals surface area contributed by atoms with E-state index in [0.29, 0.717) is 18.9 Å². The number of hydrogen-bond acceptors (Lipinski definition) is 4. The molecule has 108 valence electrons. The minimum absolute atomic E-state index is 0.0274. The average molecular weight is 267 g/mol. The highest BCUT2D eigenvalue weighted by atomic mass is 16.2. The minimum atomic E-state index is -0.0274. The Bertz CT molecular complexity index is 388. The molecule has 0 aromatic carbocycles. The third kappa shape index (κ3) is 6.33. The van der Waals surface area contributed by atoms with Gasteiger partial charge in [-0.1, -0.05) is 19.1 Å². The Morgan fingerprint density at radius 3 is 2.79 bits per heavy atom. The van der Waals surface area contributed by atoms with E-state index in [4.69, 9.17) is 5.73 Å². The predicted molar refractivity (Wildman–Crippen MR) is 74.5 cm³/mol. The van der Waals surface area contributed by atoms with Crippen LogP contribution in [0, 0.1) is 5.92 Å². The molecular formula is C13H25N5O. The number of hydrogen-bond donors (Lipinski definition) is 2. The molecule has 0 fully saturated rings. The Labute approximate surface area is 114 Å². The van der Waals surface area contributed by atoms with Crippen molar-refractivity contribution in [3.63, 3.8) is 0 Å². The fourth-order valence-electron chi connectivity index (χ4n) is 1.80. The molecule has 6 nitrogen and oxygen atoms in total. The van der Waals surface area contributed by atoms with Gasteiger partial charge in [0, 0.05) is 18.7 Å². The van der Waals surface area contributed by atoms with E-state index in [2.05, 4.69) is 29.5 Å². The first-order valence-electron chi connectivity index (χ1n) is 6.89. The van der Waals surface area contributed by atoms with E-state index in [1.165, 1.54) is 0 Å². The highest BCUT2D eigenvalue weighted by molar-refractivity contribution is 5.75. The van der Waals surface area contributed by atoms with Gasteiger partial charge < -0.3 is 11.1 Å². The topological polar surface area (TPSA) is 85.8 Å². The number of amides is 1. The van der Waals surface area contributed by atoms with Crippen molar-refractivity contribution >= 4 is 5.91 Å². The van der Waals surface area contributed by atoms with E-state index in [9.17, 15) is 4.79 Å². The van der Waals surface area contributed by atoms with Crippen molar-refractivity contribution < 1.29 is 4.79 Å². The van der Waals surface area contributed by atoms with Crippen molar-refractivity contribution in [2.75, 3.05) is 6.54 Å². The smallest absolute Gasteiger partial charge is 0.242 e. The molecule has 0 aliphatic heterocycles. The number of nitrogens with one attached hydrogen (secondary N) is 1. The maximum Gasteiger partial charge on any atom is 0.242 e. The third-order valence-corrected chi connectivity index (χ3v) is 2.88. The van der Waals surface area contributed by atoms with Gasteiger partial charge in [-0.15, -0.1) is 5.10 Å². The van der Waals surface area contributed by atoms with Crippen molar-refractivity contribution in [1.29, 1.82) is 0 Å². The number of aromatic nitrogens is 3. The lowest BCUT2D eigenvalue weighted by Crippen LogP contribution is -2.35. The molecule has 1 amide bonds. The molecule has 0 saturated carbocycles. The average Bonchev–Trinajstić information content (AvgIpc) is 2.74. The zero-order chi connectivity index (χ0) is 14.3. The zero-order valence-electron chi connectivity index (χ0n) is 12.1. The van der Waals surface area contributed by atoms with Gasteiger partial charge in [0.05, 0.1) is 5.69 Å². The van der Waals surface area contributed by atoms with E-state index in [-0.39, 0.29) is 18.5 Å². The molecule has 0 aliphatic carbocycles. The lowest BCUT2D eigenvalue weighted by Gasteiger charge is -2.14. The number of rotatable bonds is 8. The first-order chi connectivity index (χ1) is 9.01. The molecule has 0 radical (unpaired) electrons. The Balaban J connectivity index is 2.33. The summed E-state index contributed by atoms with van der Waals surface area (Å²) < 4.78 is 1.55. The number of carbonyl (C=O) groups excluding carboxylic acids is 1. The molecule has 0 aliphatic rings. The zero-order valence-corrected chi connectivity index (χ0v) is 12.1.